The summed E-state index contributed by atoms with van der Waals surface area (Å²) in [6, 6.07) is 1.83. The number of rotatable bonds is 6. The third kappa shape index (κ3) is 3.80. The van der Waals surface area contributed by atoms with Crippen LogP contribution in [0.1, 0.15) is 30.0 Å². The monoisotopic (exact) mass is 281 g/mol. The Morgan fingerprint density at radius 3 is 2.75 bits per heavy atom. The smallest absolute Gasteiger partial charge is 0.356 e. The molecule has 1 aromatic rings. The van der Waals surface area contributed by atoms with E-state index < -0.39 is 0 Å². The Kier molecular flexibility index (Phi) is 5.55. The first-order valence-electron chi connectivity index (χ1n) is 7.28. The van der Waals surface area contributed by atoms with Crippen molar-refractivity contribution in [2.24, 2.45) is 0 Å². The Balaban J connectivity index is 2.01. The lowest BCUT2D eigenvalue weighted by molar-refractivity contribution is 0.0352. The Hall–Kier alpha value is -1.40. The number of hydrogen-bond donors (Lipinski definition) is 0. The van der Waals surface area contributed by atoms with Gasteiger partial charge in [-0.25, -0.2) is 4.79 Å². The molecule has 1 saturated heterocycles. The van der Waals surface area contributed by atoms with Gasteiger partial charge in [0.15, 0.2) is 0 Å². The van der Waals surface area contributed by atoms with Gasteiger partial charge in [-0.15, -0.1) is 0 Å². The number of carbonyl (C=O) groups excluding carboxylic acids is 1. The molecule has 2 rings (SSSR count). The molecule has 0 N–H and O–H groups in total. The van der Waals surface area contributed by atoms with Gasteiger partial charge in [0.05, 0.1) is 32.1 Å². The van der Waals surface area contributed by atoms with Crippen LogP contribution in [0.4, 0.5) is 0 Å². The molecule has 112 valence electrons. The molecule has 1 aliphatic rings. The van der Waals surface area contributed by atoms with Gasteiger partial charge < -0.3 is 9.47 Å². The van der Waals surface area contributed by atoms with Crippen molar-refractivity contribution in [3.8, 4) is 0 Å². The fourth-order valence-electron chi connectivity index (χ4n) is 2.24. The first-order valence-corrected chi connectivity index (χ1v) is 7.28. The standard InChI is InChI=1S/C14H23N3O3/c1-3-12-11-13(14(18)20-4-2)17(15-12)6-5-16-7-9-19-10-8-16/h11H,3-10H2,1-2H3. The van der Waals surface area contributed by atoms with Crippen LogP contribution in [0.15, 0.2) is 6.07 Å². The molecular weight excluding hydrogens is 258 g/mol. The van der Waals surface area contributed by atoms with E-state index >= 15 is 0 Å². The first kappa shape index (κ1) is 15.0. The van der Waals surface area contributed by atoms with Crippen LogP contribution in [0, 0.1) is 0 Å². The van der Waals surface area contributed by atoms with Crippen molar-refractivity contribution >= 4 is 5.97 Å². The molecule has 0 atom stereocenters. The highest BCUT2D eigenvalue weighted by atomic mass is 16.5. The predicted octanol–water partition coefficient (Wildman–Crippen LogP) is 0.954. The summed E-state index contributed by atoms with van der Waals surface area (Å²) < 4.78 is 12.2. The summed E-state index contributed by atoms with van der Waals surface area (Å²) in [4.78, 5) is 14.3. The minimum Gasteiger partial charge on any atom is -0.461 e. The van der Waals surface area contributed by atoms with Gasteiger partial charge in [-0.05, 0) is 19.4 Å². The van der Waals surface area contributed by atoms with Gasteiger partial charge in [-0.3, -0.25) is 9.58 Å². The number of nitrogens with zero attached hydrogens (tertiary/aromatic N) is 3. The molecule has 0 aliphatic carbocycles. The highest BCUT2D eigenvalue weighted by Crippen LogP contribution is 2.08. The Morgan fingerprint density at radius 1 is 1.35 bits per heavy atom. The number of aryl methyl sites for hydroxylation is 1. The third-order valence-corrected chi connectivity index (χ3v) is 3.41. The summed E-state index contributed by atoms with van der Waals surface area (Å²) in [5.41, 5.74) is 1.48. The van der Waals surface area contributed by atoms with Crippen LogP contribution >= 0.6 is 0 Å². The molecule has 20 heavy (non-hydrogen) atoms. The SMILES string of the molecule is CCOC(=O)c1cc(CC)nn1CCN1CCOCC1. The molecule has 0 radical (unpaired) electrons. The van der Waals surface area contributed by atoms with Gasteiger partial charge in [0.1, 0.15) is 5.69 Å². The van der Waals surface area contributed by atoms with Crippen LogP contribution in [0.5, 0.6) is 0 Å². The molecule has 1 aromatic heterocycles. The predicted molar refractivity (Wildman–Crippen MR) is 74.8 cm³/mol. The molecule has 0 unspecified atom stereocenters. The van der Waals surface area contributed by atoms with E-state index in [1.807, 2.05) is 19.9 Å². The molecule has 0 bridgehead atoms. The Labute approximate surface area is 119 Å². The molecular formula is C14H23N3O3. The van der Waals surface area contributed by atoms with E-state index in [1.54, 1.807) is 4.68 Å². The van der Waals surface area contributed by atoms with Crippen molar-refractivity contribution in [1.29, 1.82) is 0 Å². The zero-order valence-electron chi connectivity index (χ0n) is 12.3. The second-order valence-corrected chi connectivity index (χ2v) is 4.77. The van der Waals surface area contributed by atoms with Gasteiger partial charge in [-0.1, -0.05) is 6.92 Å². The molecule has 1 fully saturated rings. The largest absolute Gasteiger partial charge is 0.461 e. The molecule has 6 heteroatoms. The van der Waals surface area contributed by atoms with Gasteiger partial charge in [0, 0.05) is 19.6 Å². The molecule has 0 amide bonds. The van der Waals surface area contributed by atoms with Gasteiger partial charge in [0.25, 0.3) is 0 Å². The van der Waals surface area contributed by atoms with Crippen LogP contribution < -0.4 is 0 Å². The first-order chi connectivity index (χ1) is 9.74. The van der Waals surface area contributed by atoms with Crippen molar-refractivity contribution < 1.29 is 14.3 Å². The van der Waals surface area contributed by atoms with Gasteiger partial charge >= 0.3 is 5.97 Å². The topological polar surface area (TPSA) is 56.6 Å². The number of ether oxygens (including phenoxy) is 2. The second-order valence-electron chi connectivity index (χ2n) is 4.77. The highest BCUT2D eigenvalue weighted by molar-refractivity contribution is 5.87. The van der Waals surface area contributed by atoms with Crippen molar-refractivity contribution in [2.75, 3.05) is 39.5 Å². The average molecular weight is 281 g/mol. The quantitative estimate of drug-likeness (QED) is 0.727. The van der Waals surface area contributed by atoms with Gasteiger partial charge in [-0.2, -0.15) is 5.10 Å². The molecule has 0 saturated carbocycles. The minimum atomic E-state index is -0.290. The number of morpholine rings is 1. The summed E-state index contributed by atoms with van der Waals surface area (Å²) in [7, 11) is 0. The lowest BCUT2D eigenvalue weighted by Gasteiger charge is -2.26. The van der Waals surface area contributed by atoms with Crippen molar-refractivity contribution in [1.82, 2.24) is 14.7 Å². The van der Waals surface area contributed by atoms with E-state index in [-0.39, 0.29) is 5.97 Å². The second kappa shape index (κ2) is 7.40. The maximum atomic E-state index is 11.9. The van der Waals surface area contributed by atoms with Crippen molar-refractivity contribution in [3.05, 3.63) is 17.5 Å². The average Bonchev–Trinajstić information content (AvgIpc) is 2.90. The fourth-order valence-corrected chi connectivity index (χ4v) is 2.24. The highest BCUT2D eigenvalue weighted by Gasteiger charge is 2.17. The summed E-state index contributed by atoms with van der Waals surface area (Å²) in [6.45, 7) is 9.25. The van der Waals surface area contributed by atoms with E-state index in [0.29, 0.717) is 18.8 Å². The number of carbonyl (C=O) groups is 1. The van der Waals surface area contributed by atoms with Crippen molar-refractivity contribution in [3.63, 3.8) is 0 Å². The summed E-state index contributed by atoms with van der Waals surface area (Å²) in [5, 5.41) is 4.47. The van der Waals surface area contributed by atoms with E-state index in [0.717, 1.165) is 45.0 Å². The van der Waals surface area contributed by atoms with Crippen molar-refractivity contribution in [2.45, 2.75) is 26.8 Å². The molecule has 6 nitrogen and oxygen atoms in total. The summed E-state index contributed by atoms with van der Waals surface area (Å²) >= 11 is 0. The molecule has 2 heterocycles. The summed E-state index contributed by atoms with van der Waals surface area (Å²) in [5.74, 6) is -0.290. The van der Waals surface area contributed by atoms with Crippen LogP contribution in [-0.4, -0.2) is 60.1 Å². The van der Waals surface area contributed by atoms with Crippen LogP contribution in [0.25, 0.3) is 0 Å². The van der Waals surface area contributed by atoms with E-state index in [2.05, 4.69) is 10.00 Å². The normalized spacial score (nSPS) is 16.3. The van der Waals surface area contributed by atoms with E-state index in [1.165, 1.54) is 0 Å². The Bertz CT molecular complexity index is 439. The zero-order chi connectivity index (χ0) is 14.4. The summed E-state index contributed by atoms with van der Waals surface area (Å²) in [6.07, 6.45) is 0.816. The lowest BCUT2D eigenvalue weighted by Crippen LogP contribution is -2.38. The maximum absolute atomic E-state index is 11.9. The van der Waals surface area contributed by atoms with Crippen LogP contribution in [0.2, 0.25) is 0 Å². The molecule has 0 aromatic carbocycles. The fraction of sp³-hybridized carbons (Fsp3) is 0.714. The zero-order valence-corrected chi connectivity index (χ0v) is 12.3. The third-order valence-electron chi connectivity index (χ3n) is 3.41. The Morgan fingerprint density at radius 2 is 2.10 bits per heavy atom. The molecule has 1 aliphatic heterocycles. The number of esters is 1. The number of aromatic nitrogens is 2. The van der Waals surface area contributed by atoms with E-state index in [4.69, 9.17) is 9.47 Å². The minimum absolute atomic E-state index is 0.290. The number of hydrogen-bond acceptors (Lipinski definition) is 5. The van der Waals surface area contributed by atoms with Crippen LogP contribution in [-0.2, 0) is 22.4 Å². The van der Waals surface area contributed by atoms with Gasteiger partial charge in [0.2, 0.25) is 0 Å². The molecule has 0 spiro atoms. The lowest BCUT2D eigenvalue weighted by atomic mass is 10.3. The van der Waals surface area contributed by atoms with E-state index in [9.17, 15) is 4.79 Å². The maximum Gasteiger partial charge on any atom is 0.356 e. The van der Waals surface area contributed by atoms with Crippen LogP contribution in [0.3, 0.4) is 0 Å².